The predicted molar refractivity (Wildman–Crippen MR) is 71.6 cm³/mol. The van der Waals surface area contributed by atoms with Gasteiger partial charge in [0.2, 0.25) is 5.91 Å². The van der Waals surface area contributed by atoms with Gasteiger partial charge in [0, 0.05) is 13.2 Å². The minimum atomic E-state index is 0.0648. The Morgan fingerprint density at radius 3 is 2.78 bits per heavy atom. The number of benzene rings is 1. The lowest BCUT2D eigenvalue weighted by Gasteiger charge is -2.24. The summed E-state index contributed by atoms with van der Waals surface area (Å²) >= 11 is 1.63. The summed E-state index contributed by atoms with van der Waals surface area (Å²) in [5.41, 5.74) is 1.10. The standard InChI is InChI=1S/C13H17NO3S/c1-17-11-5-3-10(4-6-11)13-14(7-2-8-15)12(16)9-18-13/h3-6,13,15H,2,7-9H2,1H3. The zero-order valence-electron chi connectivity index (χ0n) is 10.3. The van der Waals surface area contributed by atoms with Crippen LogP contribution in [-0.2, 0) is 4.79 Å². The van der Waals surface area contributed by atoms with Crippen molar-refractivity contribution in [3.05, 3.63) is 29.8 Å². The highest BCUT2D eigenvalue weighted by atomic mass is 32.2. The third-order valence-corrected chi connectivity index (χ3v) is 4.18. The van der Waals surface area contributed by atoms with Crippen LogP contribution in [0.15, 0.2) is 24.3 Å². The Kier molecular flexibility index (Phi) is 4.49. The number of carbonyl (C=O) groups is 1. The van der Waals surface area contributed by atoms with Crippen molar-refractivity contribution in [1.82, 2.24) is 4.90 Å². The average molecular weight is 267 g/mol. The molecule has 1 heterocycles. The molecular weight excluding hydrogens is 250 g/mol. The normalized spacial score (nSPS) is 19.3. The van der Waals surface area contributed by atoms with Gasteiger partial charge in [-0.1, -0.05) is 12.1 Å². The number of methoxy groups -OCH3 is 1. The number of nitrogens with zero attached hydrogens (tertiary/aromatic N) is 1. The van der Waals surface area contributed by atoms with Crippen LogP contribution in [0.5, 0.6) is 5.75 Å². The van der Waals surface area contributed by atoms with Gasteiger partial charge in [-0.25, -0.2) is 0 Å². The molecule has 0 aromatic heterocycles. The second-order valence-electron chi connectivity index (χ2n) is 4.10. The van der Waals surface area contributed by atoms with Gasteiger partial charge >= 0.3 is 0 Å². The molecule has 0 spiro atoms. The first-order valence-electron chi connectivity index (χ1n) is 5.92. The molecule has 98 valence electrons. The molecule has 0 saturated carbocycles. The van der Waals surface area contributed by atoms with E-state index in [9.17, 15) is 4.79 Å². The van der Waals surface area contributed by atoms with Gasteiger partial charge in [0.25, 0.3) is 0 Å². The molecule has 1 atom stereocenters. The summed E-state index contributed by atoms with van der Waals surface area (Å²) in [4.78, 5) is 13.6. The van der Waals surface area contributed by atoms with Crippen LogP contribution < -0.4 is 4.74 Å². The summed E-state index contributed by atoms with van der Waals surface area (Å²) < 4.78 is 5.12. The second-order valence-corrected chi connectivity index (χ2v) is 5.17. The highest BCUT2D eigenvalue weighted by molar-refractivity contribution is 8.00. The fourth-order valence-corrected chi connectivity index (χ4v) is 3.20. The van der Waals surface area contributed by atoms with E-state index in [2.05, 4.69) is 0 Å². The summed E-state index contributed by atoms with van der Waals surface area (Å²) in [5.74, 6) is 1.48. The van der Waals surface area contributed by atoms with Crippen molar-refractivity contribution in [2.45, 2.75) is 11.8 Å². The van der Waals surface area contributed by atoms with Crippen LogP contribution in [0.1, 0.15) is 17.4 Å². The van der Waals surface area contributed by atoms with Crippen molar-refractivity contribution in [2.75, 3.05) is 26.0 Å². The Hall–Kier alpha value is -1.20. The van der Waals surface area contributed by atoms with Crippen molar-refractivity contribution in [3.63, 3.8) is 0 Å². The van der Waals surface area contributed by atoms with Gasteiger partial charge < -0.3 is 14.7 Å². The number of aliphatic hydroxyl groups excluding tert-OH is 1. The van der Waals surface area contributed by atoms with Crippen LogP contribution in [0.3, 0.4) is 0 Å². The van der Waals surface area contributed by atoms with E-state index in [1.165, 1.54) is 0 Å². The molecule has 1 amide bonds. The minimum absolute atomic E-state index is 0.0648. The van der Waals surface area contributed by atoms with Gasteiger partial charge in [0.05, 0.1) is 12.9 Å². The topological polar surface area (TPSA) is 49.8 Å². The van der Waals surface area contributed by atoms with E-state index in [0.717, 1.165) is 11.3 Å². The molecule has 5 heteroatoms. The number of aliphatic hydroxyl groups is 1. The van der Waals surface area contributed by atoms with Crippen molar-refractivity contribution in [3.8, 4) is 5.75 Å². The molecule has 2 rings (SSSR count). The highest BCUT2D eigenvalue weighted by Crippen LogP contribution is 2.38. The maximum atomic E-state index is 11.8. The minimum Gasteiger partial charge on any atom is -0.497 e. The summed E-state index contributed by atoms with van der Waals surface area (Å²) in [7, 11) is 1.64. The molecule has 1 aromatic carbocycles. The molecular formula is C13H17NO3S. The van der Waals surface area contributed by atoms with Gasteiger partial charge in [0.1, 0.15) is 11.1 Å². The zero-order chi connectivity index (χ0) is 13.0. The average Bonchev–Trinajstić information content (AvgIpc) is 2.78. The number of hydrogen-bond acceptors (Lipinski definition) is 4. The van der Waals surface area contributed by atoms with Gasteiger partial charge in [-0.05, 0) is 24.1 Å². The molecule has 18 heavy (non-hydrogen) atoms. The SMILES string of the molecule is COc1ccc(C2SCC(=O)N2CCCO)cc1. The number of hydrogen-bond donors (Lipinski definition) is 1. The summed E-state index contributed by atoms with van der Waals surface area (Å²) in [6.07, 6.45) is 0.624. The maximum absolute atomic E-state index is 11.8. The summed E-state index contributed by atoms with van der Waals surface area (Å²) in [6, 6.07) is 7.79. The Morgan fingerprint density at radius 2 is 2.17 bits per heavy atom. The molecule has 1 aliphatic rings. The molecule has 1 fully saturated rings. The number of carbonyl (C=O) groups excluding carboxylic acids is 1. The number of ether oxygens (including phenoxy) is 1. The van der Waals surface area contributed by atoms with Crippen LogP contribution in [0.25, 0.3) is 0 Å². The molecule has 0 radical (unpaired) electrons. The third kappa shape index (κ3) is 2.79. The van der Waals surface area contributed by atoms with E-state index in [4.69, 9.17) is 9.84 Å². The second kappa shape index (κ2) is 6.11. The molecule has 1 aromatic rings. The number of amides is 1. The van der Waals surface area contributed by atoms with E-state index in [0.29, 0.717) is 18.7 Å². The Balaban J connectivity index is 2.12. The van der Waals surface area contributed by atoms with Crippen molar-refractivity contribution in [1.29, 1.82) is 0 Å². The lowest BCUT2D eigenvalue weighted by atomic mass is 10.2. The fraction of sp³-hybridized carbons (Fsp3) is 0.462. The first kappa shape index (κ1) is 13.2. The lowest BCUT2D eigenvalue weighted by Crippen LogP contribution is -2.29. The summed E-state index contributed by atoms with van der Waals surface area (Å²) in [5, 5.41) is 8.94. The van der Waals surface area contributed by atoms with Crippen molar-refractivity contribution >= 4 is 17.7 Å². The van der Waals surface area contributed by atoms with E-state index >= 15 is 0 Å². The van der Waals surface area contributed by atoms with Gasteiger partial charge in [-0.15, -0.1) is 11.8 Å². The van der Waals surface area contributed by atoms with Crippen LogP contribution >= 0.6 is 11.8 Å². The molecule has 4 nitrogen and oxygen atoms in total. The molecule has 1 aliphatic heterocycles. The number of rotatable bonds is 5. The monoisotopic (exact) mass is 267 g/mol. The smallest absolute Gasteiger partial charge is 0.233 e. The van der Waals surface area contributed by atoms with Crippen molar-refractivity contribution < 1.29 is 14.6 Å². The predicted octanol–water partition coefficient (Wildman–Crippen LogP) is 1.65. The van der Waals surface area contributed by atoms with E-state index in [-0.39, 0.29) is 17.9 Å². The zero-order valence-corrected chi connectivity index (χ0v) is 11.2. The molecule has 1 N–H and O–H groups in total. The van der Waals surface area contributed by atoms with Crippen LogP contribution in [0, 0.1) is 0 Å². The Morgan fingerprint density at radius 1 is 1.44 bits per heavy atom. The lowest BCUT2D eigenvalue weighted by molar-refractivity contribution is -0.128. The van der Waals surface area contributed by atoms with Crippen molar-refractivity contribution in [2.24, 2.45) is 0 Å². The Bertz CT molecular complexity index is 407. The highest BCUT2D eigenvalue weighted by Gasteiger charge is 2.32. The van der Waals surface area contributed by atoms with E-state index in [1.807, 2.05) is 29.2 Å². The quantitative estimate of drug-likeness (QED) is 0.881. The van der Waals surface area contributed by atoms with Crippen LogP contribution in [0.2, 0.25) is 0 Å². The first-order chi connectivity index (χ1) is 8.76. The van der Waals surface area contributed by atoms with Gasteiger partial charge in [0.15, 0.2) is 0 Å². The van der Waals surface area contributed by atoms with E-state index < -0.39 is 0 Å². The number of thioether (sulfide) groups is 1. The third-order valence-electron chi connectivity index (χ3n) is 2.93. The maximum Gasteiger partial charge on any atom is 0.233 e. The fourth-order valence-electron chi connectivity index (χ4n) is 1.98. The molecule has 1 unspecified atom stereocenters. The van der Waals surface area contributed by atoms with Crippen LogP contribution in [-0.4, -0.2) is 41.9 Å². The van der Waals surface area contributed by atoms with E-state index in [1.54, 1.807) is 18.9 Å². The first-order valence-corrected chi connectivity index (χ1v) is 6.97. The van der Waals surface area contributed by atoms with Crippen LogP contribution in [0.4, 0.5) is 0 Å². The summed E-state index contributed by atoms with van der Waals surface area (Å²) in [6.45, 7) is 0.725. The molecule has 0 bridgehead atoms. The molecule has 0 aliphatic carbocycles. The largest absolute Gasteiger partial charge is 0.497 e. The molecule has 1 saturated heterocycles. The van der Waals surface area contributed by atoms with Gasteiger partial charge in [-0.2, -0.15) is 0 Å². The Labute approximate surface area is 111 Å². The van der Waals surface area contributed by atoms with Gasteiger partial charge in [-0.3, -0.25) is 4.79 Å².